The predicted octanol–water partition coefficient (Wildman–Crippen LogP) is 5.43. The summed E-state index contributed by atoms with van der Waals surface area (Å²) < 4.78 is 80.2. The lowest BCUT2D eigenvalue weighted by molar-refractivity contribution is -0.134. The Morgan fingerprint density at radius 1 is 0.877 bits per heavy atom. The minimum absolute atomic E-state index is 0.0186. The van der Waals surface area contributed by atoms with Crippen molar-refractivity contribution in [2.24, 2.45) is 5.92 Å². The van der Waals surface area contributed by atoms with Crippen LogP contribution in [0.1, 0.15) is 73.5 Å². The second-order valence-corrected chi connectivity index (χ2v) is 18.7. The summed E-state index contributed by atoms with van der Waals surface area (Å²) >= 11 is 0. The summed E-state index contributed by atoms with van der Waals surface area (Å²) in [7, 11) is -4.25. The summed E-state index contributed by atoms with van der Waals surface area (Å²) in [5.74, 6) is -1.90. The molecule has 9 rings (SSSR count). The van der Waals surface area contributed by atoms with Gasteiger partial charge in [0, 0.05) is 39.1 Å². The van der Waals surface area contributed by atoms with Crippen molar-refractivity contribution in [3.8, 4) is 23.3 Å². The van der Waals surface area contributed by atoms with Crippen LogP contribution in [0.2, 0.25) is 0 Å². The first kappa shape index (κ1) is 43.8. The van der Waals surface area contributed by atoms with Gasteiger partial charge in [-0.2, -0.15) is 18.0 Å². The molecular weight excluding hydrogens is 866 g/mol. The Morgan fingerprint density at radius 3 is 2.34 bits per heavy atom. The monoisotopic (exact) mass is 910 g/mol. The first-order valence-electron chi connectivity index (χ1n) is 21.6. The molecule has 0 saturated carbocycles. The number of likely N-dealkylation sites (tertiary alicyclic amines) is 1. The van der Waals surface area contributed by atoms with Crippen molar-refractivity contribution >= 4 is 44.6 Å². The summed E-state index contributed by atoms with van der Waals surface area (Å²) in [6.07, 6.45) is 7.35. The number of nitrogens with one attached hydrogen (secondary N) is 2. The number of ether oxygens (including phenoxy) is 1. The summed E-state index contributed by atoms with van der Waals surface area (Å²) in [6, 6.07) is 13.2. The number of anilines is 2. The summed E-state index contributed by atoms with van der Waals surface area (Å²) in [6.45, 7) is 3.81. The smallest absolute Gasteiger partial charge is 0.301 e. The fourth-order valence-corrected chi connectivity index (χ4v) is 10.5. The van der Waals surface area contributed by atoms with Crippen LogP contribution < -0.4 is 25.2 Å². The number of fused-ring (bicyclic) bond motifs is 1. The van der Waals surface area contributed by atoms with Crippen molar-refractivity contribution in [2.75, 3.05) is 55.4 Å². The second-order valence-electron chi connectivity index (χ2n) is 17.0. The zero-order valence-electron chi connectivity index (χ0n) is 35.1. The van der Waals surface area contributed by atoms with Gasteiger partial charge in [-0.25, -0.2) is 28.1 Å². The lowest BCUT2D eigenvalue weighted by Crippen LogP contribution is -2.41. The van der Waals surface area contributed by atoms with Crippen molar-refractivity contribution in [3.05, 3.63) is 106 Å². The number of carbonyl (C=O) groups is 2. The molecule has 2 N–H and O–H groups in total. The quantitative estimate of drug-likeness (QED) is 0.160. The molecule has 0 radical (unpaired) electrons. The van der Waals surface area contributed by atoms with Crippen LogP contribution in [0.5, 0.6) is 11.5 Å². The number of carbonyl (C=O) groups excluding carboxylic acids is 2. The van der Waals surface area contributed by atoms with Crippen LogP contribution in [0.3, 0.4) is 0 Å². The van der Waals surface area contributed by atoms with E-state index in [0.29, 0.717) is 40.6 Å². The van der Waals surface area contributed by atoms with Crippen LogP contribution in [0, 0.1) is 28.9 Å². The van der Waals surface area contributed by atoms with E-state index in [1.165, 1.54) is 47.6 Å². The van der Waals surface area contributed by atoms with E-state index in [-0.39, 0.29) is 66.3 Å². The number of hydrogen-bond acceptors (Lipinski definition) is 12. The molecule has 3 aromatic carbocycles. The van der Waals surface area contributed by atoms with E-state index in [1.807, 2.05) is 12.1 Å². The van der Waals surface area contributed by atoms with Gasteiger partial charge in [-0.15, -0.1) is 0 Å². The Labute approximate surface area is 372 Å². The molecule has 4 aliphatic rings. The Morgan fingerprint density at radius 2 is 1.65 bits per heavy atom. The molecule has 4 aliphatic heterocycles. The van der Waals surface area contributed by atoms with Crippen molar-refractivity contribution in [2.45, 2.75) is 63.0 Å². The number of nitrogens with zero attached hydrogens (tertiary/aromatic N) is 8. The molecule has 338 valence electrons. The van der Waals surface area contributed by atoms with Crippen LogP contribution in [0.25, 0.3) is 16.6 Å². The van der Waals surface area contributed by atoms with Gasteiger partial charge < -0.3 is 14.5 Å². The van der Waals surface area contributed by atoms with Gasteiger partial charge in [-0.1, -0.05) is 12.1 Å². The van der Waals surface area contributed by atoms with E-state index < -0.39 is 45.0 Å². The lowest BCUT2D eigenvalue weighted by atomic mass is 9.85. The first-order chi connectivity index (χ1) is 31.3. The molecule has 1 unspecified atom stereocenters. The Hall–Kier alpha value is -6.43. The molecule has 5 aromatic rings. The third kappa shape index (κ3) is 9.26. The third-order valence-corrected chi connectivity index (χ3v) is 14.3. The SMILES string of the molecule is N#Cc1c(NS(=O)(=O)N2CC[C@@H](F)C2)ccc(F)c1Oc1ccc2ncn(-c3cnc(N4CCC(CN5CCC(c6ccc(C7CCC(=O)NC7=O)cc6F)CC5)CC4)nc3)c(=O)c2c1. The Bertz CT molecular complexity index is 2860. The lowest BCUT2D eigenvalue weighted by Gasteiger charge is -2.38. The summed E-state index contributed by atoms with van der Waals surface area (Å²) in [4.78, 5) is 55.7. The molecule has 0 aliphatic carbocycles. The van der Waals surface area contributed by atoms with Gasteiger partial charge in [-0.3, -0.25) is 29.0 Å². The molecule has 4 fully saturated rings. The number of benzene rings is 3. The molecule has 0 bridgehead atoms. The molecule has 4 saturated heterocycles. The van der Waals surface area contributed by atoms with Crippen LogP contribution in [-0.2, 0) is 19.8 Å². The van der Waals surface area contributed by atoms with Crippen LogP contribution in [-0.4, -0.2) is 101 Å². The molecule has 20 heteroatoms. The normalized spacial score (nSPS) is 20.5. The maximum Gasteiger partial charge on any atom is 0.301 e. The highest BCUT2D eigenvalue weighted by Gasteiger charge is 2.33. The Balaban J connectivity index is 0.798. The number of nitriles is 1. The van der Waals surface area contributed by atoms with Crippen molar-refractivity contribution in [1.82, 2.24) is 34.0 Å². The molecule has 2 amide bonds. The van der Waals surface area contributed by atoms with Gasteiger partial charge in [0.15, 0.2) is 11.6 Å². The largest absolute Gasteiger partial charge is 0.453 e. The van der Waals surface area contributed by atoms with Gasteiger partial charge >= 0.3 is 10.2 Å². The first-order valence-corrected chi connectivity index (χ1v) is 23.0. The zero-order valence-corrected chi connectivity index (χ0v) is 35.9. The third-order valence-electron chi connectivity index (χ3n) is 12.9. The van der Waals surface area contributed by atoms with Gasteiger partial charge in [-0.05, 0) is 111 Å². The van der Waals surface area contributed by atoms with Crippen molar-refractivity contribution < 1.29 is 35.9 Å². The highest BCUT2D eigenvalue weighted by atomic mass is 32.2. The minimum Gasteiger partial charge on any atom is -0.453 e. The van der Waals surface area contributed by atoms with E-state index in [2.05, 4.69) is 34.8 Å². The Kier molecular flexibility index (Phi) is 12.3. The van der Waals surface area contributed by atoms with Gasteiger partial charge in [0.2, 0.25) is 17.8 Å². The van der Waals surface area contributed by atoms with Crippen LogP contribution in [0.15, 0.2) is 72.0 Å². The number of aromatic nitrogens is 4. The highest BCUT2D eigenvalue weighted by molar-refractivity contribution is 7.90. The highest BCUT2D eigenvalue weighted by Crippen LogP contribution is 2.36. The number of piperidine rings is 3. The molecule has 65 heavy (non-hydrogen) atoms. The molecule has 2 atom stereocenters. The average molecular weight is 911 g/mol. The minimum atomic E-state index is -4.25. The number of amides is 2. The maximum atomic E-state index is 15.3. The van der Waals surface area contributed by atoms with E-state index in [9.17, 15) is 32.5 Å². The summed E-state index contributed by atoms with van der Waals surface area (Å²) in [5, 5.41) is 12.4. The molecule has 16 nitrogen and oxygen atoms in total. The number of alkyl halides is 1. The molecule has 0 spiro atoms. The van der Waals surface area contributed by atoms with Crippen molar-refractivity contribution in [1.29, 1.82) is 5.26 Å². The van der Waals surface area contributed by atoms with Gasteiger partial charge in [0.05, 0.1) is 40.6 Å². The predicted molar refractivity (Wildman–Crippen MR) is 233 cm³/mol. The number of hydrogen-bond donors (Lipinski definition) is 2. The van der Waals surface area contributed by atoms with Gasteiger partial charge in [0.25, 0.3) is 5.56 Å². The summed E-state index contributed by atoms with van der Waals surface area (Å²) in [5.41, 5.74) is 0.762. The number of imide groups is 1. The van der Waals surface area contributed by atoms with Crippen molar-refractivity contribution in [3.63, 3.8) is 0 Å². The fourth-order valence-electron chi connectivity index (χ4n) is 9.24. The fraction of sp³-hybridized carbons (Fsp3) is 0.400. The number of rotatable bonds is 11. The van der Waals surface area contributed by atoms with E-state index in [0.717, 1.165) is 74.8 Å². The van der Waals surface area contributed by atoms with E-state index in [4.69, 9.17) is 4.74 Å². The molecular formula is C45H45F3N10O6S. The standard InChI is InChI=1S/C45H45F3N10O6S/c46-30-13-18-57(25-30)65(62,63)54-40-7-5-37(47)42(36(40)21-49)64-32-2-6-39-35(20-32)44(61)58(26-52-39)31-22-50-45(51-23-31)56-16-9-27(10-17-56)24-55-14-11-28(12-15-55)33-3-1-29(19-38(33)48)34-4-8-41(59)53-43(34)60/h1-3,5-7,19-20,22-23,26-28,30,34,54H,4,8-18,24-25H2,(H,53,59,60)/t30-,34?/m1/s1. The molecule has 2 aromatic heterocycles. The topological polar surface area (TPSA) is 196 Å². The average Bonchev–Trinajstić information content (AvgIpc) is 3.76. The zero-order chi connectivity index (χ0) is 45.4. The van der Waals surface area contributed by atoms with Gasteiger partial charge in [0.1, 0.15) is 35.7 Å². The van der Waals surface area contributed by atoms with E-state index in [1.54, 1.807) is 6.07 Å². The number of halogens is 3. The maximum absolute atomic E-state index is 15.3. The molecule has 6 heterocycles. The van der Waals surface area contributed by atoms with Crippen LogP contribution >= 0.6 is 0 Å². The second kappa shape index (κ2) is 18.2. The van der Waals surface area contributed by atoms with E-state index >= 15 is 8.78 Å². The van der Waals surface area contributed by atoms with Crippen LogP contribution in [0.4, 0.5) is 24.8 Å².